The lowest BCUT2D eigenvalue weighted by molar-refractivity contribution is -0.149. The number of hydrogen-bond donors (Lipinski definition) is 0. The van der Waals surface area contributed by atoms with Crippen LogP contribution in [0.5, 0.6) is 0 Å². The second-order valence-corrected chi connectivity index (χ2v) is 4.71. The normalized spacial score (nSPS) is 34.4. The molecule has 1 heterocycles. The van der Waals surface area contributed by atoms with Crippen LogP contribution in [0.15, 0.2) is 0 Å². The van der Waals surface area contributed by atoms with Crippen molar-refractivity contribution in [2.24, 2.45) is 5.92 Å². The second kappa shape index (κ2) is 3.94. The molecule has 2 nitrogen and oxygen atoms in total. The first-order valence-corrected chi connectivity index (χ1v) is 5.49. The molecule has 0 amide bonds. The summed E-state index contributed by atoms with van der Waals surface area (Å²) in [5.41, 5.74) is 0. The molecule has 0 N–H and O–H groups in total. The Hall–Kier alpha value is -0.290. The largest absolute Gasteiger partial charge is 0.401 e. The zero-order chi connectivity index (χ0) is 11.1. The summed E-state index contributed by atoms with van der Waals surface area (Å²) in [6.07, 6.45) is -2.83. The molecule has 0 bridgehead atoms. The fourth-order valence-electron chi connectivity index (χ4n) is 2.32. The highest BCUT2D eigenvalue weighted by Crippen LogP contribution is 2.35. The maximum absolute atomic E-state index is 12.1. The third kappa shape index (κ3) is 3.08. The van der Waals surface area contributed by atoms with Gasteiger partial charge in [-0.1, -0.05) is 6.92 Å². The van der Waals surface area contributed by atoms with Gasteiger partial charge in [0.15, 0.2) is 0 Å². The van der Waals surface area contributed by atoms with Gasteiger partial charge in [0.1, 0.15) is 0 Å². The van der Waals surface area contributed by atoms with Crippen LogP contribution >= 0.6 is 0 Å². The zero-order valence-electron chi connectivity index (χ0n) is 8.93. The summed E-state index contributed by atoms with van der Waals surface area (Å²) >= 11 is 0. The predicted molar refractivity (Wildman–Crippen MR) is 51.6 cm³/mol. The molecule has 2 atom stereocenters. The lowest BCUT2D eigenvalue weighted by atomic mass is 10.3. The summed E-state index contributed by atoms with van der Waals surface area (Å²) in [5.74, 6) is 0.749. The Balaban J connectivity index is 1.72. The topological polar surface area (TPSA) is 6.48 Å². The maximum Gasteiger partial charge on any atom is 0.401 e. The molecule has 2 rings (SSSR count). The van der Waals surface area contributed by atoms with Crippen LogP contribution in [-0.4, -0.2) is 54.7 Å². The SMILES string of the molecule is CC1CC1N1CCN(CC(F)(F)F)CC1. The average molecular weight is 222 g/mol. The predicted octanol–water partition coefficient (Wildman–Crippen LogP) is 1.57. The van der Waals surface area contributed by atoms with Gasteiger partial charge < -0.3 is 0 Å². The van der Waals surface area contributed by atoms with Crippen molar-refractivity contribution in [2.45, 2.75) is 25.6 Å². The van der Waals surface area contributed by atoms with Crippen molar-refractivity contribution in [1.29, 1.82) is 0 Å². The van der Waals surface area contributed by atoms with Crippen molar-refractivity contribution in [3.05, 3.63) is 0 Å². The lowest BCUT2D eigenvalue weighted by Gasteiger charge is -2.35. The molecular formula is C10H17F3N2. The highest BCUT2D eigenvalue weighted by molar-refractivity contribution is 4.93. The van der Waals surface area contributed by atoms with Crippen LogP contribution in [0.2, 0.25) is 0 Å². The molecule has 0 spiro atoms. The molecule has 2 fully saturated rings. The molecule has 5 heteroatoms. The average Bonchev–Trinajstić information content (AvgIpc) is 2.81. The number of piperazine rings is 1. The minimum Gasteiger partial charge on any atom is -0.298 e. The van der Waals surface area contributed by atoms with Crippen LogP contribution in [0.4, 0.5) is 13.2 Å². The van der Waals surface area contributed by atoms with Crippen molar-refractivity contribution in [3.8, 4) is 0 Å². The van der Waals surface area contributed by atoms with E-state index in [0.717, 1.165) is 19.0 Å². The first kappa shape index (κ1) is 11.2. The first-order chi connectivity index (χ1) is 6.96. The summed E-state index contributed by atoms with van der Waals surface area (Å²) in [5, 5.41) is 0. The highest BCUT2D eigenvalue weighted by atomic mass is 19.4. The van der Waals surface area contributed by atoms with Crippen molar-refractivity contribution >= 4 is 0 Å². The summed E-state index contributed by atoms with van der Waals surface area (Å²) in [6.45, 7) is 4.16. The third-order valence-corrected chi connectivity index (χ3v) is 3.35. The van der Waals surface area contributed by atoms with Crippen molar-refractivity contribution < 1.29 is 13.2 Å². The van der Waals surface area contributed by atoms with Gasteiger partial charge in [0.05, 0.1) is 6.54 Å². The van der Waals surface area contributed by atoms with E-state index in [1.165, 1.54) is 11.3 Å². The molecule has 0 aromatic carbocycles. The Morgan fingerprint density at radius 1 is 1.13 bits per heavy atom. The molecule has 1 aliphatic heterocycles. The van der Waals surface area contributed by atoms with E-state index in [4.69, 9.17) is 0 Å². The van der Waals surface area contributed by atoms with E-state index >= 15 is 0 Å². The van der Waals surface area contributed by atoms with Gasteiger partial charge in [0.2, 0.25) is 0 Å². The zero-order valence-corrected chi connectivity index (χ0v) is 8.93. The Bertz CT molecular complexity index is 221. The van der Waals surface area contributed by atoms with Gasteiger partial charge in [-0.2, -0.15) is 13.2 Å². The molecule has 1 aliphatic carbocycles. The Morgan fingerprint density at radius 3 is 2.07 bits per heavy atom. The minimum absolute atomic E-state index is 0.558. The van der Waals surface area contributed by atoms with Crippen molar-refractivity contribution in [3.63, 3.8) is 0 Å². The van der Waals surface area contributed by atoms with Gasteiger partial charge in [0, 0.05) is 32.2 Å². The smallest absolute Gasteiger partial charge is 0.298 e. The second-order valence-electron chi connectivity index (χ2n) is 4.71. The standard InChI is InChI=1S/C10H17F3N2/c1-8-6-9(8)15-4-2-14(3-5-15)7-10(11,12)13/h8-9H,2-7H2,1H3. The molecule has 1 saturated carbocycles. The van der Waals surface area contributed by atoms with Gasteiger partial charge >= 0.3 is 6.18 Å². The molecule has 0 radical (unpaired) electrons. The van der Waals surface area contributed by atoms with E-state index in [-0.39, 0.29) is 0 Å². The summed E-state index contributed by atoms with van der Waals surface area (Å²) < 4.78 is 36.3. The number of halogens is 3. The summed E-state index contributed by atoms with van der Waals surface area (Å²) in [6, 6.07) is 0.651. The molecule has 2 aliphatic rings. The molecule has 88 valence electrons. The van der Waals surface area contributed by atoms with E-state index in [1.807, 2.05) is 0 Å². The summed E-state index contributed by atoms with van der Waals surface area (Å²) in [4.78, 5) is 3.83. The van der Waals surface area contributed by atoms with E-state index in [0.29, 0.717) is 19.1 Å². The molecular weight excluding hydrogens is 205 g/mol. The number of hydrogen-bond acceptors (Lipinski definition) is 2. The third-order valence-electron chi connectivity index (χ3n) is 3.35. The number of nitrogens with zero attached hydrogens (tertiary/aromatic N) is 2. The molecule has 2 unspecified atom stereocenters. The van der Waals surface area contributed by atoms with Crippen LogP contribution in [0, 0.1) is 5.92 Å². The Morgan fingerprint density at radius 2 is 1.67 bits per heavy atom. The molecule has 0 aromatic rings. The minimum atomic E-state index is -4.05. The van der Waals surface area contributed by atoms with Crippen LogP contribution in [0.25, 0.3) is 0 Å². The Kier molecular flexibility index (Phi) is 2.94. The van der Waals surface area contributed by atoms with Gasteiger partial charge in [-0.3, -0.25) is 9.80 Å². The van der Waals surface area contributed by atoms with Crippen molar-refractivity contribution in [1.82, 2.24) is 9.80 Å². The van der Waals surface area contributed by atoms with E-state index in [1.54, 1.807) is 0 Å². The lowest BCUT2D eigenvalue weighted by Crippen LogP contribution is -2.49. The fourth-order valence-corrected chi connectivity index (χ4v) is 2.32. The number of rotatable bonds is 2. The van der Waals surface area contributed by atoms with Gasteiger partial charge in [-0.05, 0) is 12.3 Å². The highest BCUT2D eigenvalue weighted by Gasteiger charge is 2.40. The van der Waals surface area contributed by atoms with E-state index < -0.39 is 12.7 Å². The van der Waals surface area contributed by atoms with E-state index in [9.17, 15) is 13.2 Å². The van der Waals surface area contributed by atoms with Gasteiger partial charge in [-0.15, -0.1) is 0 Å². The summed E-state index contributed by atoms with van der Waals surface area (Å²) in [7, 11) is 0. The van der Waals surface area contributed by atoms with E-state index in [2.05, 4.69) is 11.8 Å². The monoisotopic (exact) mass is 222 g/mol. The first-order valence-electron chi connectivity index (χ1n) is 5.49. The fraction of sp³-hybridized carbons (Fsp3) is 1.00. The quantitative estimate of drug-likeness (QED) is 0.700. The van der Waals surface area contributed by atoms with Crippen LogP contribution in [0.1, 0.15) is 13.3 Å². The maximum atomic E-state index is 12.1. The van der Waals surface area contributed by atoms with Gasteiger partial charge in [0.25, 0.3) is 0 Å². The number of alkyl halides is 3. The Labute approximate surface area is 88.0 Å². The van der Waals surface area contributed by atoms with Crippen LogP contribution in [-0.2, 0) is 0 Å². The molecule has 1 saturated heterocycles. The molecule has 0 aromatic heterocycles. The molecule has 15 heavy (non-hydrogen) atoms. The van der Waals surface area contributed by atoms with Crippen LogP contribution in [0.3, 0.4) is 0 Å². The van der Waals surface area contributed by atoms with Gasteiger partial charge in [-0.25, -0.2) is 0 Å². The van der Waals surface area contributed by atoms with Crippen molar-refractivity contribution in [2.75, 3.05) is 32.7 Å². The van der Waals surface area contributed by atoms with Crippen LogP contribution < -0.4 is 0 Å².